The van der Waals surface area contributed by atoms with Crippen molar-refractivity contribution in [3.63, 3.8) is 0 Å². The summed E-state index contributed by atoms with van der Waals surface area (Å²) in [5.74, 6) is -0.590. The van der Waals surface area contributed by atoms with E-state index in [2.05, 4.69) is 45.1 Å². The fraction of sp³-hybridized carbons (Fsp3) is 0.630. The summed E-state index contributed by atoms with van der Waals surface area (Å²) in [7, 11) is 0. The fourth-order valence-electron chi connectivity index (χ4n) is 7.92. The van der Waals surface area contributed by atoms with Crippen LogP contribution in [0.25, 0.3) is 0 Å². The SMILES string of the molecule is NC(=O)[C@]1(CCCCN2CCCC2)[C@@H]2C=C[C@@H](C23CC3)[C@@]1(CCc1ccc(Br)cc1)C(N)=O. The van der Waals surface area contributed by atoms with Gasteiger partial charge >= 0.3 is 0 Å². The molecule has 0 aromatic heterocycles. The lowest BCUT2D eigenvalue weighted by molar-refractivity contribution is -0.152. The Morgan fingerprint density at radius 3 is 2.03 bits per heavy atom. The lowest BCUT2D eigenvalue weighted by Crippen LogP contribution is -2.59. The molecular formula is C27H36BrN3O2. The molecule has 1 spiro atoms. The van der Waals surface area contributed by atoms with Gasteiger partial charge in [0.2, 0.25) is 11.8 Å². The van der Waals surface area contributed by atoms with Crippen LogP contribution in [0.4, 0.5) is 0 Å². The highest BCUT2D eigenvalue weighted by molar-refractivity contribution is 9.10. The zero-order valence-electron chi connectivity index (χ0n) is 19.4. The first kappa shape index (κ1) is 23.1. The second-order valence-electron chi connectivity index (χ2n) is 10.9. The number of unbranched alkanes of at least 4 members (excludes halogenated alkanes) is 1. The quantitative estimate of drug-likeness (QED) is 0.363. The molecule has 4 N–H and O–H groups in total. The van der Waals surface area contributed by atoms with Crippen LogP contribution in [-0.2, 0) is 16.0 Å². The van der Waals surface area contributed by atoms with E-state index < -0.39 is 10.8 Å². The third-order valence-corrected chi connectivity index (χ3v) is 10.0. The minimum absolute atomic E-state index is 0.0126. The zero-order valence-corrected chi connectivity index (χ0v) is 21.0. The van der Waals surface area contributed by atoms with Gasteiger partial charge in [-0.2, -0.15) is 0 Å². The summed E-state index contributed by atoms with van der Waals surface area (Å²) in [5, 5.41) is 0. The van der Waals surface area contributed by atoms with Gasteiger partial charge in [-0.3, -0.25) is 9.59 Å². The molecule has 178 valence electrons. The molecule has 33 heavy (non-hydrogen) atoms. The summed E-state index contributed by atoms with van der Waals surface area (Å²) in [6.45, 7) is 3.41. The van der Waals surface area contributed by atoms with E-state index in [9.17, 15) is 9.59 Å². The third-order valence-electron chi connectivity index (χ3n) is 9.51. The molecule has 5 rings (SSSR count). The molecule has 1 saturated heterocycles. The minimum Gasteiger partial charge on any atom is -0.369 e. The third kappa shape index (κ3) is 3.43. The first-order chi connectivity index (χ1) is 15.9. The maximum absolute atomic E-state index is 13.4. The van der Waals surface area contributed by atoms with Crippen LogP contribution in [0.3, 0.4) is 0 Å². The first-order valence-corrected chi connectivity index (χ1v) is 13.4. The summed E-state index contributed by atoms with van der Waals surface area (Å²) in [6, 6.07) is 8.21. The smallest absolute Gasteiger partial charge is 0.225 e. The maximum Gasteiger partial charge on any atom is 0.225 e. The number of carbonyl (C=O) groups excluding carboxylic acids is 2. The second-order valence-corrected chi connectivity index (χ2v) is 11.8. The normalized spacial score (nSPS) is 33.7. The molecule has 2 bridgehead atoms. The molecule has 2 saturated carbocycles. The van der Waals surface area contributed by atoms with E-state index >= 15 is 0 Å². The maximum atomic E-state index is 13.4. The number of carbonyl (C=O) groups is 2. The van der Waals surface area contributed by atoms with Crippen LogP contribution >= 0.6 is 15.9 Å². The van der Waals surface area contributed by atoms with Gasteiger partial charge in [0.1, 0.15) is 0 Å². The van der Waals surface area contributed by atoms with Gasteiger partial charge < -0.3 is 16.4 Å². The number of amides is 2. The Labute approximate surface area is 205 Å². The van der Waals surface area contributed by atoms with E-state index in [1.54, 1.807) is 0 Å². The van der Waals surface area contributed by atoms with E-state index in [0.29, 0.717) is 19.3 Å². The first-order valence-electron chi connectivity index (χ1n) is 12.6. The van der Waals surface area contributed by atoms with Crippen LogP contribution in [0.2, 0.25) is 0 Å². The number of allylic oxidation sites excluding steroid dienone is 2. The van der Waals surface area contributed by atoms with Crippen molar-refractivity contribution in [1.29, 1.82) is 0 Å². The highest BCUT2D eigenvalue weighted by Crippen LogP contribution is 2.81. The van der Waals surface area contributed by atoms with Gasteiger partial charge in [-0.05, 0) is 106 Å². The number of nitrogens with two attached hydrogens (primary N) is 2. The topological polar surface area (TPSA) is 89.4 Å². The number of halogens is 1. The lowest BCUT2D eigenvalue weighted by atomic mass is 9.53. The van der Waals surface area contributed by atoms with Crippen molar-refractivity contribution in [1.82, 2.24) is 4.90 Å². The lowest BCUT2D eigenvalue weighted by Gasteiger charge is -2.48. The second kappa shape index (κ2) is 8.53. The summed E-state index contributed by atoms with van der Waals surface area (Å²) < 4.78 is 1.03. The van der Waals surface area contributed by atoms with Crippen LogP contribution in [-0.4, -0.2) is 36.3 Å². The predicted molar refractivity (Wildman–Crippen MR) is 133 cm³/mol. The van der Waals surface area contributed by atoms with Gasteiger partial charge in [0, 0.05) is 4.47 Å². The minimum atomic E-state index is -0.907. The van der Waals surface area contributed by atoms with E-state index in [1.165, 1.54) is 25.9 Å². The predicted octanol–water partition coefficient (Wildman–Crippen LogP) is 4.19. The van der Waals surface area contributed by atoms with Crippen LogP contribution in [0.5, 0.6) is 0 Å². The summed E-state index contributed by atoms with van der Waals surface area (Å²) in [5.41, 5.74) is 11.9. The average Bonchev–Trinajstić information content (AvgIpc) is 3.16. The molecule has 1 aromatic rings. The molecule has 3 aliphatic carbocycles. The molecule has 1 aliphatic heterocycles. The van der Waals surface area contributed by atoms with Gasteiger partial charge in [-0.15, -0.1) is 0 Å². The number of rotatable bonds is 10. The number of primary amides is 2. The average molecular weight is 515 g/mol. The van der Waals surface area contributed by atoms with Gasteiger partial charge in [0.25, 0.3) is 0 Å². The number of benzene rings is 1. The largest absolute Gasteiger partial charge is 0.369 e. The van der Waals surface area contributed by atoms with E-state index in [0.717, 1.165) is 42.3 Å². The van der Waals surface area contributed by atoms with Crippen molar-refractivity contribution < 1.29 is 9.59 Å². The molecule has 1 heterocycles. The molecule has 5 nitrogen and oxygen atoms in total. The monoisotopic (exact) mass is 513 g/mol. The van der Waals surface area contributed by atoms with Crippen molar-refractivity contribution >= 4 is 27.7 Å². The molecule has 4 atom stereocenters. The van der Waals surface area contributed by atoms with Crippen LogP contribution in [0.15, 0.2) is 40.9 Å². The van der Waals surface area contributed by atoms with Crippen LogP contribution in [0, 0.1) is 28.1 Å². The standard InChI is InChI=1S/C27H36BrN3O2/c28-20-7-5-19(6-8-20)11-13-27(24(30)33)22-10-9-21(25(22)14-15-25)26(27,23(29)32)12-1-2-16-31-17-3-4-18-31/h5-10,21-22H,1-4,11-18H2,(H2,29,32)(H2,30,33)/t21-,22+,26+,27+/m1/s1. The van der Waals surface area contributed by atoms with Crippen LogP contribution < -0.4 is 11.5 Å². The molecular weight excluding hydrogens is 478 g/mol. The van der Waals surface area contributed by atoms with Crippen molar-refractivity contribution in [2.24, 2.45) is 39.5 Å². The van der Waals surface area contributed by atoms with Crippen molar-refractivity contribution in [3.8, 4) is 0 Å². The van der Waals surface area contributed by atoms with Gasteiger partial charge in [0.05, 0.1) is 10.8 Å². The van der Waals surface area contributed by atoms with E-state index in [1.807, 2.05) is 12.1 Å². The summed E-state index contributed by atoms with van der Waals surface area (Å²) >= 11 is 3.50. The molecule has 2 amide bonds. The van der Waals surface area contributed by atoms with Gasteiger partial charge in [0.15, 0.2) is 0 Å². The van der Waals surface area contributed by atoms with Gasteiger partial charge in [-0.1, -0.05) is 46.6 Å². The molecule has 0 unspecified atom stereocenters. The Morgan fingerprint density at radius 1 is 0.909 bits per heavy atom. The number of nitrogens with zero attached hydrogens (tertiary/aromatic N) is 1. The van der Waals surface area contributed by atoms with Gasteiger partial charge in [-0.25, -0.2) is 0 Å². The van der Waals surface area contributed by atoms with E-state index in [-0.39, 0.29) is 29.1 Å². The molecule has 3 fully saturated rings. The van der Waals surface area contributed by atoms with Crippen LogP contribution in [0.1, 0.15) is 56.9 Å². The Morgan fingerprint density at radius 2 is 1.48 bits per heavy atom. The Kier molecular flexibility index (Phi) is 5.97. The zero-order chi connectivity index (χ0) is 23.3. The molecule has 6 heteroatoms. The van der Waals surface area contributed by atoms with Crippen molar-refractivity contribution in [2.75, 3.05) is 19.6 Å². The Balaban J connectivity index is 1.45. The fourth-order valence-corrected chi connectivity index (χ4v) is 8.18. The summed E-state index contributed by atoms with van der Waals surface area (Å²) in [6.07, 6.45) is 13.0. The highest BCUT2D eigenvalue weighted by Gasteiger charge is 2.81. The number of aryl methyl sites for hydroxylation is 1. The number of hydrogen-bond donors (Lipinski definition) is 2. The number of hydrogen-bond acceptors (Lipinski definition) is 3. The van der Waals surface area contributed by atoms with Crippen molar-refractivity contribution in [3.05, 3.63) is 46.5 Å². The molecule has 4 aliphatic rings. The number of likely N-dealkylation sites (tertiary alicyclic amines) is 1. The Bertz CT molecular complexity index is 951. The highest BCUT2D eigenvalue weighted by atomic mass is 79.9. The molecule has 1 aromatic carbocycles. The Hall–Kier alpha value is -1.66. The van der Waals surface area contributed by atoms with Crippen molar-refractivity contribution in [2.45, 2.75) is 57.8 Å². The van der Waals surface area contributed by atoms with E-state index in [4.69, 9.17) is 11.5 Å². The molecule has 0 radical (unpaired) electrons. The summed E-state index contributed by atoms with van der Waals surface area (Å²) in [4.78, 5) is 29.4.